The maximum atomic E-state index is 11.3. The monoisotopic (exact) mass is 160 g/mol. The minimum atomic E-state index is -0.0527. The standard InChI is InChI=1S/C10H8O2/c11-9-5-3-7-12-10-6-2-1-4-8(9)10/h1-2,4,6H,3,7H2. The average Bonchev–Trinajstić information content (AvgIpc) is 2.29. The molecule has 0 saturated heterocycles. The van der Waals surface area contributed by atoms with Crippen molar-refractivity contribution in [3.63, 3.8) is 0 Å². The summed E-state index contributed by atoms with van der Waals surface area (Å²) in [5.74, 6) is 0.621. The molecule has 12 heavy (non-hydrogen) atoms. The number of rotatable bonds is 0. The van der Waals surface area contributed by atoms with Crippen LogP contribution >= 0.6 is 0 Å². The molecule has 1 aliphatic heterocycles. The van der Waals surface area contributed by atoms with E-state index in [0.29, 0.717) is 24.3 Å². The van der Waals surface area contributed by atoms with Crippen LogP contribution in [0.1, 0.15) is 16.8 Å². The molecule has 1 heterocycles. The molecule has 2 heteroatoms. The number of carbonyl (C=O) groups is 1. The van der Waals surface area contributed by atoms with Crippen molar-refractivity contribution in [1.82, 2.24) is 0 Å². The van der Waals surface area contributed by atoms with Gasteiger partial charge in [0.25, 0.3) is 0 Å². The van der Waals surface area contributed by atoms with Gasteiger partial charge in [-0.3, -0.25) is 4.79 Å². The van der Waals surface area contributed by atoms with Crippen LogP contribution in [0, 0.1) is 6.42 Å². The van der Waals surface area contributed by atoms with Crippen LogP contribution in [0.25, 0.3) is 0 Å². The van der Waals surface area contributed by atoms with Crippen LogP contribution in [-0.2, 0) is 0 Å². The van der Waals surface area contributed by atoms with Crippen molar-refractivity contribution in [1.29, 1.82) is 0 Å². The van der Waals surface area contributed by atoms with Gasteiger partial charge in [-0.15, -0.1) is 0 Å². The summed E-state index contributed by atoms with van der Waals surface area (Å²) in [6.07, 6.45) is 3.31. The lowest BCUT2D eigenvalue weighted by Gasteiger charge is -2.03. The van der Waals surface area contributed by atoms with Crippen LogP contribution in [0.2, 0.25) is 0 Å². The van der Waals surface area contributed by atoms with E-state index in [1.165, 1.54) is 0 Å². The Labute approximate surface area is 71.2 Å². The van der Waals surface area contributed by atoms with Crippen molar-refractivity contribution in [3.8, 4) is 5.75 Å². The third-order valence-electron chi connectivity index (χ3n) is 1.78. The topological polar surface area (TPSA) is 26.3 Å². The number of ether oxygens (including phenoxy) is 1. The fourth-order valence-corrected chi connectivity index (χ4v) is 1.20. The fraction of sp³-hybridized carbons (Fsp3) is 0.200. The number of benzene rings is 1. The molecule has 1 aromatic rings. The highest BCUT2D eigenvalue weighted by atomic mass is 16.5. The Morgan fingerprint density at radius 2 is 2.17 bits per heavy atom. The lowest BCUT2D eigenvalue weighted by molar-refractivity contribution is 0.102. The average molecular weight is 160 g/mol. The Balaban J connectivity index is 2.46. The summed E-state index contributed by atoms with van der Waals surface area (Å²) in [6, 6.07) is 7.25. The molecule has 1 aromatic carbocycles. The molecule has 0 aromatic heterocycles. The van der Waals surface area contributed by atoms with Crippen LogP contribution in [-0.4, -0.2) is 12.4 Å². The van der Waals surface area contributed by atoms with E-state index in [1.54, 1.807) is 12.1 Å². The first-order chi connectivity index (χ1) is 5.88. The minimum Gasteiger partial charge on any atom is -0.493 e. The van der Waals surface area contributed by atoms with Crippen LogP contribution in [0.5, 0.6) is 5.75 Å². The van der Waals surface area contributed by atoms with E-state index in [0.717, 1.165) is 0 Å². The van der Waals surface area contributed by atoms with Gasteiger partial charge in [0.2, 0.25) is 0 Å². The summed E-state index contributed by atoms with van der Waals surface area (Å²) in [6.45, 7) is 0.544. The van der Waals surface area contributed by atoms with Gasteiger partial charge in [-0.25, -0.2) is 0 Å². The molecule has 2 radical (unpaired) electrons. The van der Waals surface area contributed by atoms with Crippen LogP contribution in [0.3, 0.4) is 0 Å². The predicted molar refractivity (Wildman–Crippen MR) is 44.1 cm³/mol. The van der Waals surface area contributed by atoms with Gasteiger partial charge in [0.1, 0.15) is 5.75 Å². The van der Waals surface area contributed by atoms with Crippen molar-refractivity contribution in [2.24, 2.45) is 0 Å². The van der Waals surface area contributed by atoms with Crippen molar-refractivity contribution < 1.29 is 9.53 Å². The van der Waals surface area contributed by atoms with Gasteiger partial charge < -0.3 is 4.74 Å². The second kappa shape index (κ2) is 2.97. The van der Waals surface area contributed by atoms with E-state index in [2.05, 4.69) is 6.42 Å². The molecule has 0 saturated carbocycles. The van der Waals surface area contributed by atoms with E-state index < -0.39 is 0 Å². The van der Waals surface area contributed by atoms with Crippen molar-refractivity contribution in [3.05, 3.63) is 36.2 Å². The van der Waals surface area contributed by atoms with E-state index in [-0.39, 0.29) is 5.78 Å². The zero-order valence-electron chi connectivity index (χ0n) is 6.54. The molecule has 0 atom stereocenters. The first-order valence-corrected chi connectivity index (χ1v) is 3.88. The largest absolute Gasteiger partial charge is 0.493 e. The normalized spacial score (nSPS) is 16.2. The number of carbonyl (C=O) groups excluding carboxylic acids is 1. The lowest BCUT2D eigenvalue weighted by atomic mass is 10.1. The molecule has 0 aliphatic carbocycles. The summed E-state index contributed by atoms with van der Waals surface area (Å²) in [5, 5.41) is 0. The summed E-state index contributed by atoms with van der Waals surface area (Å²) in [5.41, 5.74) is 0.620. The van der Waals surface area contributed by atoms with Gasteiger partial charge in [0.15, 0.2) is 5.78 Å². The highest BCUT2D eigenvalue weighted by molar-refractivity contribution is 6.04. The SMILES string of the molecule is O=C1[C]CCOc2ccccc21. The number of hydrogen-bond acceptors (Lipinski definition) is 2. The van der Waals surface area contributed by atoms with Crippen molar-refractivity contribution >= 4 is 5.78 Å². The maximum Gasteiger partial charge on any atom is 0.174 e. The van der Waals surface area contributed by atoms with E-state index >= 15 is 0 Å². The predicted octanol–water partition coefficient (Wildman–Crippen LogP) is 1.73. The van der Waals surface area contributed by atoms with Crippen molar-refractivity contribution in [2.75, 3.05) is 6.61 Å². The highest BCUT2D eigenvalue weighted by Gasteiger charge is 2.15. The summed E-state index contributed by atoms with van der Waals surface area (Å²) in [7, 11) is 0. The maximum absolute atomic E-state index is 11.3. The molecular formula is C10H8O2. The highest BCUT2D eigenvalue weighted by Crippen LogP contribution is 2.22. The summed E-state index contributed by atoms with van der Waals surface area (Å²) >= 11 is 0. The van der Waals surface area contributed by atoms with E-state index in [4.69, 9.17) is 4.74 Å². The Morgan fingerprint density at radius 1 is 1.33 bits per heavy atom. The Hall–Kier alpha value is -1.31. The number of ketones is 1. The quantitative estimate of drug-likeness (QED) is 0.577. The smallest absolute Gasteiger partial charge is 0.174 e. The second-order valence-corrected chi connectivity index (χ2v) is 2.60. The van der Waals surface area contributed by atoms with Gasteiger partial charge in [-0.05, 0) is 18.6 Å². The molecule has 0 bridgehead atoms. The Kier molecular flexibility index (Phi) is 1.82. The van der Waals surface area contributed by atoms with E-state index in [9.17, 15) is 4.79 Å². The zero-order valence-corrected chi connectivity index (χ0v) is 6.54. The van der Waals surface area contributed by atoms with Crippen LogP contribution in [0.15, 0.2) is 24.3 Å². The van der Waals surface area contributed by atoms with Crippen molar-refractivity contribution in [2.45, 2.75) is 6.42 Å². The number of hydrogen-bond donors (Lipinski definition) is 0. The third-order valence-corrected chi connectivity index (χ3v) is 1.78. The van der Waals surface area contributed by atoms with Crippen LogP contribution in [0.4, 0.5) is 0 Å². The molecule has 0 amide bonds. The number of fused-ring (bicyclic) bond motifs is 1. The zero-order chi connectivity index (χ0) is 8.39. The first kappa shape index (κ1) is 7.35. The van der Waals surface area contributed by atoms with Gasteiger partial charge >= 0.3 is 0 Å². The van der Waals surface area contributed by atoms with Gasteiger partial charge in [0.05, 0.1) is 18.6 Å². The molecule has 2 nitrogen and oxygen atoms in total. The molecule has 0 spiro atoms. The molecule has 60 valence electrons. The summed E-state index contributed by atoms with van der Waals surface area (Å²) in [4.78, 5) is 11.3. The molecule has 0 fully saturated rings. The van der Waals surface area contributed by atoms with Crippen LogP contribution < -0.4 is 4.74 Å². The lowest BCUT2D eigenvalue weighted by Crippen LogP contribution is -1.96. The van der Waals surface area contributed by atoms with E-state index in [1.807, 2.05) is 12.1 Å². The molecule has 1 aliphatic rings. The van der Waals surface area contributed by atoms with Gasteiger partial charge in [-0.2, -0.15) is 0 Å². The second-order valence-electron chi connectivity index (χ2n) is 2.60. The van der Waals surface area contributed by atoms with Gasteiger partial charge in [-0.1, -0.05) is 12.1 Å². The molecule has 2 rings (SSSR count). The third kappa shape index (κ3) is 1.20. The molecule has 0 N–H and O–H groups in total. The minimum absolute atomic E-state index is 0.0527. The Morgan fingerprint density at radius 3 is 3.08 bits per heavy atom. The Bertz CT molecular complexity index is 304. The summed E-state index contributed by atoms with van der Waals surface area (Å²) < 4.78 is 5.34. The molecule has 0 unspecified atom stereocenters. The first-order valence-electron chi connectivity index (χ1n) is 3.88. The van der Waals surface area contributed by atoms with Gasteiger partial charge in [0, 0.05) is 0 Å². The fourth-order valence-electron chi connectivity index (χ4n) is 1.20. The number of para-hydroxylation sites is 1. The molecular weight excluding hydrogens is 152 g/mol. The number of Topliss-reactive ketones (excluding diaryl/α,β-unsaturated/α-hetero) is 1.